The average molecular weight is 396 g/mol. The molecule has 1 saturated heterocycles. The third-order valence-electron chi connectivity index (χ3n) is 4.59. The number of halogens is 1. The lowest BCUT2D eigenvalue weighted by Crippen LogP contribution is -2.45. The Morgan fingerprint density at radius 3 is 2.54 bits per heavy atom. The molecule has 3 aromatic rings. The zero-order valence-corrected chi connectivity index (χ0v) is 16.6. The minimum absolute atomic E-state index is 0.184. The normalized spacial score (nSPS) is 19.5. The largest absolute Gasteiger partial charge is 0.372 e. The second-order valence-electron chi connectivity index (χ2n) is 7.03. The molecule has 1 aliphatic heterocycles. The number of nitrogens with one attached hydrogen (secondary N) is 1. The van der Waals surface area contributed by atoms with Crippen LogP contribution in [-0.4, -0.2) is 40.5 Å². The number of nitrogens with zero attached hydrogens (tertiary/aromatic N) is 4. The minimum atomic E-state index is 0.184. The van der Waals surface area contributed by atoms with Gasteiger partial charge in [0.05, 0.1) is 18.4 Å². The molecular weight excluding hydrogens is 374 g/mol. The Morgan fingerprint density at radius 2 is 1.79 bits per heavy atom. The molecule has 0 amide bonds. The number of ether oxygens (including phenoxy) is 1. The van der Waals surface area contributed by atoms with Crippen LogP contribution in [0.3, 0.4) is 0 Å². The number of aromatic nitrogens is 3. The van der Waals surface area contributed by atoms with Crippen LogP contribution in [0, 0.1) is 0 Å². The lowest BCUT2D eigenvalue weighted by Gasteiger charge is -2.36. The first-order chi connectivity index (χ1) is 13.6. The van der Waals surface area contributed by atoms with Gasteiger partial charge in [0.15, 0.2) is 5.82 Å². The molecule has 0 saturated carbocycles. The average Bonchev–Trinajstić information content (AvgIpc) is 2.68. The van der Waals surface area contributed by atoms with Gasteiger partial charge in [-0.15, -0.1) is 5.10 Å². The van der Waals surface area contributed by atoms with Gasteiger partial charge in [0, 0.05) is 41.6 Å². The predicted molar refractivity (Wildman–Crippen MR) is 112 cm³/mol. The van der Waals surface area contributed by atoms with Gasteiger partial charge in [0.25, 0.3) is 0 Å². The van der Waals surface area contributed by atoms with Crippen LogP contribution in [0.15, 0.2) is 54.9 Å². The minimum Gasteiger partial charge on any atom is -0.372 e. The van der Waals surface area contributed by atoms with Crippen molar-refractivity contribution in [2.75, 3.05) is 23.3 Å². The van der Waals surface area contributed by atoms with Crippen molar-refractivity contribution in [1.82, 2.24) is 15.2 Å². The van der Waals surface area contributed by atoms with Crippen LogP contribution < -0.4 is 10.2 Å². The van der Waals surface area contributed by atoms with Crippen LogP contribution in [0.5, 0.6) is 0 Å². The van der Waals surface area contributed by atoms with E-state index in [0.717, 1.165) is 35.7 Å². The fraction of sp³-hybridized carbons (Fsp3) is 0.286. The number of morpholine rings is 1. The number of rotatable bonds is 4. The van der Waals surface area contributed by atoms with Crippen LogP contribution in [-0.2, 0) is 4.74 Å². The van der Waals surface area contributed by atoms with Gasteiger partial charge >= 0.3 is 0 Å². The van der Waals surface area contributed by atoms with E-state index in [0.29, 0.717) is 10.8 Å². The molecule has 1 fully saturated rings. The molecule has 144 valence electrons. The summed E-state index contributed by atoms with van der Waals surface area (Å²) in [5.74, 6) is 1.60. The number of hydrogen-bond acceptors (Lipinski definition) is 6. The van der Waals surface area contributed by atoms with Crippen molar-refractivity contribution in [3.8, 4) is 11.1 Å². The highest BCUT2D eigenvalue weighted by atomic mass is 35.5. The molecule has 1 N–H and O–H groups in total. The summed E-state index contributed by atoms with van der Waals surface area (Å²) in [6, 6.07) is 13.6. The number of hydrogen-bond donors (Lipinski definition) is 1. The zero-order chi connectivity index (χ0) is 19.5. The monoisotopic (exact) mass is 395 g/mol. The lowest BCUT2D eigenvalue weighted by atomic mass is 10.1. The van der Waals surface area contributed by atoms with Crippen LogP contribution in [0.4, 0.5) is 17.3 Å². The van der Waals surface area contributed by atoms with Gasteiger partial charge < -0.3 is 15.0 Å². The maximum atomic E-state index is 5.98. The first kappa shape index (κ1) is 18.7. The molecule has 0 unspecified atom stereocenters. The Labute approximate surface area is 169 Å². The summed E-state index contributed by atoms with van der Waals surface area (Å²) in [4.78, 5) is 6.78. The molecule has 6 nitrogen and oxygen atoms in total. The number of benzene rings is 1. The third kappa shape index (κ3) is 4.40. The molecule has 0 bridgehead atoms. The molecule has 0 spiro atoms. The van der Waals surface area contributed by atoms with Gasteiger partial charge in [-0.3, -0.25) is 0 Å². The van der Waals surface area contributed by atoms with Gasteiger partial charge in [0.1, 0.15) is 5.82 Å². The van der Waals surface area contributed by atoms with E-state index in [2.05, 4.69) is 39.2 Å². The highest BCUT2D eigenvalue weighted by Crippen LogP contribution is 2.25. The predicted octanol–water partition coefficient (Wildman–Crippen LogP) is 4.55. The molecule has 7 heteroatoms. The van der Waals surface area contributed by atoms with Gasteiger partial charge in [-0.25, -0.2) is 4.98 Å². The van der Waals surface area contributed by atoms with E-state index in [1.807, 2.05) is 42.5 Å². The van der Waals surface area contributed by atoms with Crippen molar-refractivity contribution in [1.29, 1.82) is 0 Å². The summed E-state index contributed by atoms with van der Waals surface area (Å²) in [6.45, 7) is 5.82. The summed E-state index contributed by atoms with van der Waals surface area (Å²) in [5, 5.41) is 12.4. The summed E-state index contributed by atoms with van der Waals surface area (Å²) in [6.07, 6.45) is 3.91. The fourth-order valence-corrected chi connectivity index (χ4v) is 3.54. The summed E-state index contributed by atoms with van der Waals surface area (Å²) in [5.41, 5.74) is 2.92. The second-order valence-corrected chi connectivity index (χ2v) is 7.46. The third-order valence-corrected chi connectivity index (χ3v) is 4.85. The summed E-state index contributed by atoms with van der Waals surface area (Å²) >= 11 is 5.98. The van der Waals surface area contributed by atoms with Crippen molar-refractivity contribution in [2.45, 2.75) is 26.1 Å². The number of pyridine rings is 1. The molecule has 1 aromatic carbocycles. The van der Waals surface area contributed by atoms with E-state index >= 15 is 0 Å². The van der Waals surface area contributed by atoms with Crippen molar-refractivity contribution < 1.29 is 4.74 Å². The van der Waals surface area contributed by atoms with E-state index in [-0.39, 0.29) is 12.2 Å². The smallest absolute Gasteiger partial charge is 0.153 e. The SMILES string of the molecule is C[C@@H]1CN(c2cc(Nc3cc(-c4ccc(Cl)cc4)cnn3)ccn2)C[C@H](C)O1. The first-order valence-electron chi connectivity index (χ1n) is 9.29. The molecule has 0 radical (unpaired) electrons. The molecule has 1 aliphatic rings. The van der Waals surface area contributed by atoms with Crippen molar-refractivity contribution in [3.05, 3.63) is 59.9 Å². The van der Waals surface area contributed by atoms with Crippen LogP contribution in [0.25, 0.3) is 11.1 Å². The molecule has 2 atom stereocenters. The topological polar surface area (TPSA) is 63.2 Å². The van der Waals surface area contributed by atoms with E-state index in [9.17, 15) is 0 Å². The van der Waals surface area contributed by atoms with Crippen molar-refractivity contribution in [3.63, 3.8) is 0 Å². The summed E-state index contributed by atoms with van der Waals surface area (Å²) in [7, 11) is 0. The molecule has 4 rings (SSSR count). The quantitative estimate of drug-likeness (QED) is 0.699. The van der Waals surface area contributed by atoms with E-state index < -0.39 is 0 Å². The van der Waals surface area contributed by atoms with Crippen LogP contribution >= 0.6 is 11.6 Å². The van der Waals surface area contributed by atoms with Crippen molar-refractivity contribution in [2.24, 2.45) is 0 Å². The Morgan fingerprint density at radius 1 is 1.04 bits per heavy atom. The van der Waals surface area contributed by atoms with E-state index in [1.54, 1.807) is 12.4 Å². The molecule has 0 aliphatic carbocycles. The summed E-state index contributed by atoms with van der Waals surface area (Å²) < 4.78 is 5.81. The highest BCUT2D eigenvalue weighted by molar-refractivity contribution is 6.30. The van der Waals surface area contributed by atoms with Crippen molar-refractivity contribution >= 4 is 28.9 Å². The molecule has 28 heavy (non-hydrogen) atoms. The second kappa shape index (κ2) is 8.12. The Kier molecular flexibility index (Phi) is 5.41. The maximum absolute atomic E-state index is 5.98. The van der Waals surface area contributed by atoms with Gasteiger partial charge in [-0.2, -0.15) is 5.10 Å². The molecule has 3 heterocycles. The van der Waals surface area contributed by atoms with Crippen LogP contribution in [0.2, 0.25) is 5.02 Å². The number of anilines is 3. The van der Waals surface area contributed by atoms with E-state index in [4.69, 9.17) is 16.3 Å². The standard InChI is InChI=1S/C21H22ClN5O/c1-14-12-27(13-15(2)28-14)21-10-19(7-8-23-21)25-20-9-17(11-24-26-20)16-3-5-18(22)6-4-16/h3-11,14-15H,12-13H2,1-2H3,(H,23,25,26)/t14-,15+. The fourth-order valence-electron chi connectivity index (χ4n) is 3.41. The molecule has 2 aromatic heterocycles. The van der Waals surface area contributed by atoms with Gasteiger partial charge in [0.2, 0.25) is 0 Å². The highest BCUT2D eigenvalue weighted by Gasteiger charge is 2.23. The Hall–Kier alpha value is -2.70. The lowest BCUT2D eigenvalue weighted by molar-refractivity contribution is -0.00545. The van der Waals surface area contributed by atoms with E-state index in [1.165, 1.54) is 0 Å². The maximum Gasteiger partial charge on any atom is 0.153 e. The van der Waals surface area contributed by atoms with Gasteiger partial charge in [-0.05, 0) is 43.7 Å². The van der Waals surface area contributed by atoms with Crippen LogP contribution in [0.1, 0.15) is 13.8 Å². The van der Waals surface area contributed by atoms with Gasteiger partial charge in [-0.1, -0.05) is 23.7 Å². The first-order valence-corrected chi connectivity index (χ1v) is 9.67. The Bertz CT molecular complexity index is 940. The Balaban J connectivity index is 1.53. The zero-order valence-electron chi connectivity index (χ0n) is 15.8. The molecular formula is C21H22ClN5O.